The zero-order valence-electron chi connectivity index (χ0n) is 25.3. The average Bonchev–Trinajstić information content (AvgIpc) is 3.74. The van der Waals surface area contributed by atoms with Crippen LogP contribution in [0.15, 0.2) is 51.3 Å². The normalized spacial score (nSPS) is 10.4. The van der Waals surface area contributed by atoms with E-state index in [-0.39, 0.29) is 0 Å². The number of thiazole rings is 4. The number of nitrogens with zero attached hydrogens (tertiary/aromatic N) is 6. The Morgan fingerprint density at radius 2 is 1.12 bits per heavy atom. The van der Waals surface area contributed by atoms with Crippen LogP contribution in [0, 0.1) is 0 Å². The van der Waals surface area contributed by atoms with Gasteiger partial charge >= 0.3 is 0 Å². The van der Waals surface area contributed by atoms with Crippen molar-refractivity contribution in [3.05, 3.63) is 76.9 Å². The fraction of sp³-hybridized carbons (Fsp3) is 0.517. The van der Waals surface area contributed by atoms with Gasteiger partial charge in [0.2, 0.25) is 0 Å². The van der Waals surface area contributed by atoms with Crippen molar-refractivity contribution >= 4 is 56.7 Å². The van der Waals surface area contributed by atoms with Crippen LogP contribution in [0.25, 0.3) is 0 Å². The molecule has 11 heteroatoms. The van der Waals surface area contributed by atoms with Crippen LogP contribution in [-0.4, -0.2) is 30.1 Å². The van der Waals surface area contributed by atoms with Gasteiger partial charge in [0.1, 0.15) is 10.5 Å². The van der Waals surface area contributed by atoms with Crippen LogP contribution >= 0.6 is 56.7 Å². The van der Waals surface area contributed by atoms with Crippen molar-refractivity contribution in [2.45, 2.75) is 98.8 Å². The Kier molecular flexibility index (Phi) is 18.8. The predicted molar refractivity (Wildman–Crippen MR) is 179 cm³/mol. The number of hydrogen-bond acceptors (Lipinski definition) is 11. The molecule has 6 nitrogen and oxygen atoms in total. The van der Waals surface area contributed by atoms with Gasteiger partial charge in [-0.1, -0.05) is 69.2 Å². The third-order valence-corrected chi connectivity index (χ3v) is 9.65. The Bertz CT molecular complexity index is 942. The molecule has 0 spiro atoms. The molecular weight excluding hydrogens is 593 g/mol. The minimum absolute atomic E-state index is 0.530. The quantitative estimate of drug-likeness (QED) is 0.191. The van der Waals surface area contributed by atoms with Crippen molar-refractivity contribution in [2.75, 3.05) is 0 Å². The van der Waals surface area contributed by atoms with Crippen molar-refractivity contribution in [1.82, 2.24) is 30.1 Å². The van der Waals surface area contributed by atoms with Crippen LogP contribution in [0.2, 0.25) is 0 Å². The molecule has 0 saturated heterocycles. The molecule has 0 saturated carbocycles. The second kappa shape index (κ2) is 20.9. The van der Waals surface area contributed by atoms with Crippen LogP contribution < -0.4 is 0 Å². The van der Waals surface area contributed by atoms with Gasteiger partial charge in [-0.2, -0.15) is 0 Å². The fourth-order valence-electron chi connectivity index (χ4n) is 2.49. The molecule has 0 bridgehead atoms. The van der Waals surface area contributed by atoms with Gasteiger partial charge < -0.3 is 0 Å². The van der Waals surface area contributed by atoms with Gasteiger partial charge in [-0.05, 0) is 11.8 Å². The lowest BCUT2D eigenvalue weighted by atomic mass is 10.2. The molecule has 5 rings (SSSR count). The van der Waals surface area contributed by atoms with E-state index in [1.807, 2.05) is 40.4 Å². The first-order valence-electron chi connectivity index (χ1n) is 13.3. The van der Waals surface area contributed by atoms with E-state index in [2.05, 4.69) is 105 Å². The van der Waals surface area contributed by atoms with Gasteiger partial charge in [-0.3, -0.25) is 4.98 Å². The van der Waals surface area contributed by atoms with Crippen LogP contribution in [-0.2, 0) is 0 Å². The lowest BCUT2D eigenvalue weighted by Crippen LogP contribution is -1.83. The Morgan fingerprint density at radius 3 is 1.32 bits per heavy atom. The summed E-state index contributed by atoms with van der Waals surface area (Å²) in [7, 11) is 0. The Morgan fingerprint density at radius 1 is 0.550 bits per heavy atom. The maximum absolute atomic E-state index is 4.13. The number of aromatic nitrogens is 6. The summed E-state index contributed by atoms with van der Waals surface area (Å²) in [5.41, 5.74) is 6.70. The highest BCUT2D eigenvalue weighted by molar-refractivity contribution is 7.10. The maximum atomic E-state index is 4.13. The Labute approximate surface area is 261 Å². The molecule has 5 aromatic rings. The van der Waals surface area contributed by atoms with Crippen molar-refractivity contribution in [1.29, 1.82) is 0 Å². The minimum Gasteiger partial charge on any atom is -0.253 e. The molecule has 40 heavy (non-hydrogen) atoms. The summed E-state index contributed by atoms with van der Waals surface area (Å²) >= 11 is 8.43. The second-order valence-corrected chi connectivity index (χ2v) is 14.5. The van der Waals surface area contributed by atoms with Crippen molar-refractivity contribution in [3.8, 4) is 0 Å². The average molecular weight is 637 g/mol. The topological polar surface area (TPSA) is 77.3 Å². The van der Waals surface area contributed by atoms with Crippen molar-refractivity contribution in [3.63, 3.8) is 0 Å². The maximum Gasteiger partial charge on any atom is 0.119 e. The zero-order valence-corrected chi connectivity index (χ0v) is 29.4. The number of hydrogen-bond donors (Lipinski definition) is 0. The Hall–Kier alpha value is -1.92. The molecule has 220 valence electrons. The van der Waals surface area contributed by atoms with E-state index in [0.29, 0.717) is 29.6 Å². The van der Waals surface area contributed by atoms with Gasteiger partial charge in [0, 0.05) is 57.4 Å². The standard InChI is InChI=1S/4C6H9NS.C5H8N2S/c1-5(2)6-3-8-4-7-6;1-5(2)6-3-7-4-8-6;2*1-5(2)6-7-3-4-8-6;1-4(2)5-7-6-3-8-5/h4*3-5H,1-2H3;3-4H,1-2H3. The lowest BCUT2D eigenvalue weighted by molar-refractivity contribution is 0.825. The number of rotatable bonds is 5. The highest BCUT2D eigenvalue weighted by Gasteiger charge is 2.00. The zero-order chi connectivity index (χ0) is 29.9. The highest BCUT2D eigenvalue weighted by Crippen LogP contribution is 2.18. The largest absolute Gasteiger partial charge is 0.253 e. The predicted octanol–water partition coefficient (Wildman–Crippen LogP) is 10.7. The Balaban J connectivity index is 0.000000250. The first kappa shape index (κ1) is 36.1. The van der Waals surface area contributed by atoms with E-state index >= 15 is 0 Å². The lowest BCUT2D eigenvalue weighted by Gasteiger charge is -1.94. The van der Waals surface area contributed by atoms with Gasteiger partial charge in [0.05, 0.1) is 26.7 Å². The summed E-state index contributed by atoms with van der Waals surface area (Å²) in [6.07, 6.45) is 5.62. The van der Waals surface area contributed by atoms with E-state index < -0.39 is 0 Å². The summed E-state index contributed by atoms with van der Waals surface area (Å²) in [4.78, 5) is 17.7. The molecule has 0 unspecified atom stereocenters. The van der Waals surface area contributed by atoms with Crippen molar-refractivity contribution in [2.24, 2.45) is 0 Å². The molecule has 0 radical (unpaired) electrons. The molecule has 0 aliphatic rings. The molecule has 5 aromatic heterocycles. The first-order chi connectivity index (χ1) is 19.0. The summed E-state index contributed by atoms with van der Waals surface area (Å²) in [5, 5.41) is 17.3. The highest BCUT2D eigenvalue weighted by atomic mass is 32.1. The van der Waals surface area contributed by atoms with E-state index in [1.165, 1.54) is 20.6 Å². The van der Waals surface area contributed by atoms with E-state index in [9.17, 15) is 0 Å². The molecule has 0 aliphatic carbocycles. The van der Waals surface area contributed by atoms with Gasteiger partial charge in [0.25, 0.3) is 0 Å². The first-order valence-corrected chi connectivity index (χ1v) is 17.8. The molecule has 0 amide bonds. The molecule has 0 N–H and O–H groups in total. The molecule has 0 fully saturated rings. The summed E-state index contributed by atoms with van der Waals surface area (Å²) in [6.45, 7) is 21.5. The fourth-order valence-corrected chi connectivity index (χ4v) is 5.72. The summed E-state index contributed by atoms with van der Waals surface area (Å²) in [5.74, 6) is 2.94. The van der Waals surface area contributed by atoms with Gasteiger partial charge in [-0.15, -0.1) is 66.9 Å². The summed E-state index contributed by atoms with van der Waals surface area (Å²) in [6, 6.07) is 0. The molecular formula is C29H44N6S5. The van der Waals surface area contributed by atoms with Crippen LogP contribution in [0.1, 0.15) is 124 Å². The molecule has 0 aliphatic heterocycles. The van der Waals surface area contributed by atoms with Crippen LogP contribution in [0.5, 0.6) is 0 Å². The van der Waals surface area contributed by atoms with E-state index in [4.69, 9.17) is 0 Å². The molecule has 0 aromatic carbocycles. The third-order valence-electron chi connectivity index (χ3n) is 4.82. The SMILES string of the molecule is CC(C)c1cncs1.CC(C)c1cscn1.CC(C)c1nccs1.CC(C)c1nccs1.CC(C)c1nncs1. The van der Waals surface area contributed by atoms with E-state index in [0.717, 1.165) is 5.01 Å². The molecule has 0 atom stereocenters. The minimum atomic E-state index is 0.530. The smallest absolute Gasteiger partial charge is 0.119 e. The van der Waals surface area contributed by atoms with E-state index in [1.54, 1.807) is 62.2 Å². The van der Waals surface area contributed by atoms with Crippen LogP contribution in [0.3, 0.4) is 0 Å². The second-order valence-electron chi connectivity index (χ2n) is 10.1. The molecule has 5 heterocycles. The monoisotopic (exact) mass is 636 g/mol. The van der Waals surface area contributed by atoms with Gasteiger partial charge in [0.15, 0.2) is 0 Å². The summed E-state index contributed by atoms with van der Waals surface area (Å²) < 4.78 is 0. The van der Waals surface area contributed by atoms with Crippen LogP contribution in [0.4, 0.5) is 0 Å². The van der Waals surface area contributed by atoms with Crippen molar-refractivity contribution < 1.29 is 0 Å². The third kappa shape index (κ3) is 15.8. The van der Waals surface area contributed by atoms with Gasteiger partial charge in [-0.25, -0.2) is 15.0 Å².